The molecule has 1 aromatic carbocycles. The van der Waals surface area contributed by atoms with Crippen LogP contribution >= 0.6 is 0 Å². The van der Waals surface area contributed by atoms with Crippen LogP contribution in [-0.2, 0) is 11.2 Å². The van der Waals surface area contributed by atoms with Gasteiger partial charge < -0.3 is 15.0 Å². The average molecular weight is 353 g/mol. The minimum absolute atomic E-state index is 0.0572. The number of aromatic nitrogens is 2. The van der Waals surface area contributed by atoms with E-state index in [0.29, 0.717) is 18.9 Å². The average Bonchev–Trinajstić information content (AvgIpc) is 3.20. The minimum atomic E-state index is -0.312. The Hall–Kier alpha value is -2.73. The normalized spacial score (nSPS) is 19.8. The third-order valence-corrected chi connectivity index (χ3v) is 5.01. The zero-order valence-electron chi connectivity index (χ0n) is 14.5. The van der Waals surface area contributed by atoms with Crippen molar-refractivity contribution in [1.82, 2.24) is 15.3 Å². The fraction of sp³-hybridized carbons (Fsp3) is 0.300. The van der Waals surface area contributed by atoms with E-state index < -0.39 is 0 Å². The monoisotopic (exact) mass is 353 g/mol. The number of nitrogens with zero attached hydrogens (tertiary/aromatic N) is 1. The van der Waals surface area contributed by atoms with Crippen LogP contribution in [0.25, 0.3) is 10.9 Å². The summed E-state index contributed by atoms with van der Waals surface area (Å²) >= 11 is 0. The number of hydrogen-bond donors (Lipinski definition) is 2. The van der Waals surface area contributed by atoms with Crippen LogP contribution in [0.1, 0.15) is 21.6 Å². The van der Waals surface area contributed by atoms with Gasteiger partial charge in [-0.15, -0.1) is 0 Å². The molecule has 1 fully saturated rings. The first-order valence-corrected chi connectivity index (χ1v) is 8.67. The fourth-order valence-corrected chi connectivity index (χ4v) is 3.55. The van der Waals surface area contributed by atoms with Crippen molar-refractivity contribution < 1.29 is 13.9 Å². The molecule has 0 bridgehead atoms. The summed E-state index contributed by atoms with van der Waals surface area (Å²) in [5.74, 6) is -0.286. The molecule has 4 rings (SSSR count). The van der Waals surface area contributed by atoms with Crippen LogP contribution in [-0.4, -0.2) is 35.1 Å². The van der Waals surface area contributed by atoms with E-state index in [1.54, 1.807) is 18.5 Å². The molecule has 6 heteroatoms. The van der Waals surface area contributed by atoms with Crippen LogP contribution in [0.4, 0.5) is 4.39 Å². The smallest absolute Gasteiger partial charge is 0.268 e. The van der Waals surface area contributed by atoms with Gasteiger partial charge in [0.05, 0.1) is 19.3 Å². The van der Waals surface area contributed by atoms with Gasteiger partial charge in [0.2, 0.25) is 0 Å². The first kappa shape index (κ1) is 16.7. The number of ether oxygens (including phenoxy) is 1. The van der Waals surface area contributed by atoms with Gasteiger partial charge in [0.15, 0.2) is 0 Å². The standard InChI is InChI=1S/C20H20FN3O2/c1-12-16-9-15(21)2-3-17(16)23-19(12)20(25)24-18-11-26-10-14(18)8-13-4-6-22-7-5-13/h2-7,9,14,18,23H,8,10-11H2,1H3,(H,24,25)/t14-,18+/m1/s1. The molecule has 0 radical (unpaired) electrons. The van der Waals surface area contributed by atoms with Crippen molar-refractivity contribution in [2.45, 2.75) is 19.4 Å². The van der Waals surface area contributed by atoms with Crippen molar-refractivity contribution in [2.24, 2.45) is 5.92 Å². The van der Waals surface area contributed by atoms with E-state index in [9.17, 15) is 9.18 Å². The number of pyridine rings is 1. The van der Waals surface area contributed by atoms with Gasteiger partial charge in [-0.2, -0.15) is 0 Å². The highest BCUT2D eigenvalue weighted by molar-refractivity contribution is 6.01. The molecule has 134 valence electrons. The number of carbonyl (C=O) groups excluding carboxylic acids is 1. The van der Waals surface area contributed by atoms with E-state index in [0.717, 1.165) is 22.9 Å². The summed E-state index contributed by atoms with van der Waals surface area (Å²) in [6.07, 6.45) is 4.36. The summed E-state index contributed by atoms with van der Waals surface area (Å²) in [6.45, 7) is 2.94. The lowest BCUT2D eigenvalue weighted by atomic mass is 9.95. The number of benzene rings is 1. The summed E-state index contributed by atoms with van der Waals surface area (Å²) in [5.41, 5.74) is 3.15. The van der Waals surface area contributed by atoms with Crippen molar-refractivity contribution in [3.05, 3.63) is 65.4 Å². The van der Waals surface area contributed by atoms with Gasteiger partial charge in [0.1, 0.15) is 11.5 Å². The van der Waals surface area contributed by atoms with Crippen LogP contribution in [0.2, 0.25) is 0 Å². The van der Waals surface area contributed by atoms with Crippen LogP contribution in [0.5, 0.6) is 0 Å². The SMILES string of the molecule is Cc1c(C(=O)N[C@H]2COC[C@H]2Cc2ccncc2)[nH]c2ccc(F)cc12. The topological polar surface area (TPSA) is 67.0 Å². The lowest BCUT2D eigenvalue weighted by molar-refractivity contribution is 0.0920. The molecule has 5 nitrogen and oxygen atoms in total. The maximum absolute atomic E-state index is 13.5. The summed E-state index contributed by atoms with van der Waals surface area (Å²) in [4.78, 5) is 19.9. The summed E-state index contributed by atoms with van der Waals surface area (Å²) in [5, 5.41) is 3.81. The van der Waals surface area contributed by atoms with E-state index in [-0.39, 0.29) is 23.7 Å². The van der Waals surface area contributed by atoms with Crippen molar-refractivity contribution in [1.29, 1.82) is 0 Å². The number of amides is 1. The highest BCUT2D eigenvalue weighted by atomic mass is 19.1. The Morgan fingerprint density at radius 3 is 2.92 bits per heavy atom. The predicted octanol–water partition coefficient (Wildman–Crippen LogP) is 3.00. The van der Waals surface area contributed by atoms with Gasteiger partial charge in [-0.1, -0.05) is 0 Å². The number of fused-ring (bicyclic) bond motifs is 1. The van der Waals surface area contributed by atoms with Crippen LogP contribution in [0, 0.1) is 18.7 Å². The molecule has 1 amide bonds. The van der Waals surface area contributed by atoms with E-state index in [2.05, 4.69) is 15.3 Å². The van der Waals surface area contributed by atoms with Crippen molar-refractivity contribution >= 4 is 16.8 Å². The number of H-pyrrole nitrogens is 1. The van der Waals surface area contributed by atoms with Crippen molar-refractivity contribution in [2.75, 3.05) is 13.2 Å². The molecule has 26 heavy (non-hydrogen) atoms. The Morgan fingerprint density at radius 2 is 2.12 bits per heavy atom. The second-order valence-corrected chi connectivity index (χ2v) is 6.75. The maximum atomic E-state index is 13.5. The van der Waals surface area contributed by atoms with Gasteiger partial charge >= 0.3 is 0 Å². The molecule has 3 heterocycles. The third kappa shape index (κ3) is 3.20. The number of aromatic amines is 1. The maximum Gasteiger partial charge on any atom is 0.268 e. The number of aryl methyl sites for hydroxylation is 1. The number of hydrogen-bond acceptors (Lipinski definition) is 3. The van der Waals surface area contributed by atoms with Crippen molar-refractivity contribution in [3.63, 3.8) is 0 Å². The first-order chi connectivity index (χ1) is 12.6. The van der Waals surface area contributed by atoms with E-state index in [1.165, 1.54) is 17.7 Å². The van der Waals surface area contributed by atoms with Crippen molar-refractivity contribution in [3.8, 4) is 0 Å². The number of carbonyl (C=O) groups is 1. The molecule has 2 aromatic heterocycles. The van der Waals surface area contributed by atoms with Gasteiger partial charge in [0.25, 0.3) is 5.91 Å². The zero-order chi connectivity index (χ0) is 18.1. The van der Waals surface area contributed by atoms with Gasteiger partial charge in [-0.3, -0.25) is 9.78 Å². The zero-order valence-corrected chi connectivity index (χ0v) is 14.5. The summed E-state index contributed by atoms with van der Waals surface area (Å²) < 4.78 is 19.1. The van der Waals surface area contributed by atoms with Gasteiger partial charge in [0, 0.05) is 29.2 Å². The molecule has 2 atom stereocenters. The molecule has 0 saturated carbocycles. The van der Waals surface area contributed by atoms with E-state index >= 15 is 0 Å². The first-order valence-electron chi connectivity index (χ1n) is 8.67. The molecule has 0 spiro atoms. The quantitative estimate of drug-likeness (QED) is 0.758. The second kappa shape index (κ2) is 6.88. The van der Waals surface area contributed by atoms with Gasteiger partial charge in [-0.05, 0) is 54.8 Å². The number of nitrogens with one attached hydrogen (secondary N) is 2. The molecule has 0 aliphatic carbocycles. The molecule has 1 aliphatic heterocycles. The Kier molecular flexibility index (Phi) is 4.42. The predicted molar refractivity (Wildman–Crippen MR) is 96.5 cm³/mol. The van der Waals surface area contributed by atoms with E-state index in [4.69, 9.17) is 4.74 Å². The molecule has 0 unspecified atom stereocenters. The van der Waals surface area contributed by atoms with Gasteiger partial charge in [-0.25, -0.2) is 4.39 Å². The highest BCUT2D eigenvalue weighted by Crippen LogP contribution is 2.24. The highest BCUT2D eigenvalue weighted by Gasteiger charge is 2.30. The summed E-state index contributed by atoms with van der Waals surface area (Å²) in [7, 11) is 0. The number of rotatable bonds is 4. The molecule has 1 aliphatic rings. The lowest BCUT2D eigenvalue weighted by Crippen LogP contribution is -2.41. The van der Waals surface area contributed by atoms with E-state index in [1.807, 2.05) is 19.1 Å². The third-order valence-electron chi connectivity index (χ3n) is 5.01. The minimum Gasteiger partial charge on any atom is -0.379 e. The Morgan fingerprint density at radius 1 is 1.31 bits per heavy atom. The molecular formula is C20H20FN3O2. The second-order valence-electron chi connectivity index (χ2n) is 6.75. The van der Waals surface area contributed by atoms with Crippen LogP contribution < -0.4 is 5.32 Å². The molecule has 2 N–H and O–H groups in total. The molecule has 3 aromatic rings. The number of halogens is 1. The molecule has 1 saturated heterocycles. The lowest BCUT2D eigenvalue weighted by Gasteiger charge is -2.19. The summed E-state index contributed by atoms with van der Waals surface area (Å²) in [6, 6.07) is 8.39. The van der Waals surface area contributed by atoms with Crippen LogP contribution in [0.3, 0.4) is 0 Å². The largest absolute Gasteiger partial charge is 0.379 e. The Balaban J connectivity index is 1.51. The Labute approximate surface area is 150 Å². The molecular weight excluding hydrogens is 333 g/mol. The fourth-order valence-electron chi connectivity index (χ4n) is 3.55. The Bertz CT molecular complexity index is 939. The van der Waals surface area contributed by atoms with Crippen LogP contribution in [0.15, 0.2) is 42.7 Å².